The van der Waals surface area contributed by atoms with Gasteiger partial charge in [-0.15, -0.1) is 11.3 Å². The van der Waals surface area contributed by atoms with Gasteiger partial charge in [-0.2, -0.15) is 0 Å². The van der Waals surface area contributed by atoms with Gasteiger partial charge in [-0.1, -0.05) is 23.3 Å². The maximum Gasteiger partial charge on any atom is 0.0931 e. The molecule has 4 heteroatoms. The molecule has 1 aromatic heterocycles. The molecule has 3 N–H and O–H groups in total. The van der Waals surface area contributed by atoms with Crippen LogP contribution < -0.4 is 11.1 Å². The Kier molecular flexibility index (Phi) is 3.23. The van der Waals surface area contributed by atoms with Crippen LogP contribution in [0, 0.1) is 0 Å². The van der Waals surface area contributed by atoms with Crippen LogP contribution in [0.2, 0.25) is 4.34 Å². The highest BCUT2D eigenvalue weighted by molar-refractivity contribution is 7.14. The molecule has 0 fully saturated rings. The van der Waals surface area contributed by atoms with Crippen molar-refractivity contribution in [2.45, 2.75) is 12.5 Å². The summed E-state index contributed by atoms with van der Waals surface area (Å²) in [5.74, 6) is 0. The van der Waals surface area contributed by atoms with Crippen molar-refractivity contribution in [1.82, 2.24) is 5.32 Å². The van der Waals surface area contributed by atoms with Gasteiger partial charge in [-0.05, 0) is 23.4 Å². The SMILES string of the molecule is NC1C=C(Cc2csc(Cl)c2)CNC1. The molecule has 0 spiro atoms. The molecule has 0 aliphatic carbocycles. The molecular weight excluding hydrogens is 216 g/mol. The second-order valence-corrected chi connectivity index (χ2v) is 5.10. The zero-order valence-corrected chi connectivity index (χ0v) is 9.37. The Morgan fingerprint density at radius 1 is 1.64 bits per heavy atom. The van der Waals surface area contributed by atoms with E-state index in [0.29, 0.717) is 0 Å². The van der Waals surface area contributed by atoms with E-state index in [2.05, 4.69) is 16.8 Å². The third-order valence-electron chi connectivity index (χ3n) is 2.23. The molecule has 0 saturated carbocycles. The minimum absolute atomic E-state index is 0.160. The molecule has 0 radical (unpaired) electrons. The van der Waals surface area contributed by atoms with Gasteiger partial charge in [0.05, 0.1) is 4.34 Å². The molecule has 14 heavy (non-hydrogen) atoms. The predicted octanol–water partition coefficient (Wildman–Crippen LogP) is 1.80. The second-order valence-electron chi connectivity index (χ2n) is 3.56. The molecule has 76 valence electrons. The van der Waals surface area contributed by atoms with Gasteiger partial charge in [0.15, 0.2) is 0 Å². The van der Waals surface area contributed by atoms with Gasteiger partial charge < -0.3 is 11.1 Å². The van der Waals surface area contributed by atoms with E-state index >= 15 is 0 Å². The molecule has 0 saturated heterocycles. The number of hydrogen-bond donors (Lipinski definition) is 2. The number of nitrogens with one attached hydrogen (secondary N) is 1. The van der Waals surface area contributed by atoms with E-state index in [-0.39, 0.29) is 6.04 Å². The van der Waals surface area contributed by atoms with E-state index in [1.165, 1.54) is 11.1 Å². The van der Waals surface area contributed by atoms with Crippen LogP contribution in [0.15, 0.2) is 23.1 Å². The van der Waals surface area contributed by atoms with E-state index in [4.69, 9.17) is 17.3 Å². The monoisotopic (exact) mass is 228 g/mol. The lowest BCUT2D eigenvalue weighted by molar-refractivity contribution is 0.627. The summed E-state index contributed by atoms with van der Waals surface area (Å²) in [7, 11) is 0. The Hall–Kier alpha value is -0.350. The van der Waals surface area contributed by atoms with Crippen LogP contribution in [-0.4, -0.2) is 19.1 Å². The van der Waals surface area contributed by atoms with Crippen LogP contribution in [0.5, 0.6) is 0 Å². The van der Waals surface area contributed by atoms with E-state index in [1.807, 2.05) is 6.07 Å². The summed E-state index contributed by atoms with van der Waals surface area (Å²) < 4.78 is 0.855. The van der Waals surface area contributed by atoms with E-state index in [0.717, 1.165) is 23.8 Å². The summed E-state index contributed by atoms with van der Waals surface area (Å²) >= 11 is 7.45. The molecule has 1 unspecified atom stereocenters. The lowest BCUT2D eigenvalue weighted by Crippen LogP contribution is -2.38. The first kappa shape index (κ1) is 10.2. The van der Waals surface area contributed by atoms with Crippen molar-refractivity contribution >= 4 is 22.9 Å². The van der Waals surface area contributed by atoms with Crippen molar-refractivity contribution in [1.29, 1.82) is 0 Å². The van der Waals surface area contributed by atoms with Gasteiger partial charge in [-0.3, -0.25) is 0 Å². The molecule has 0 bridgehead atoms. The standard InChI is InChI=1S/C10H13ClN2S/c11-10-3-8(6-14-10)1-7-2-9(12)5-13-4-7/h2-3,6,9,13H,1,4-5,12H2. The zero-order valence-electron chi connectivity index (χ0n) is 7.79. The highest BCUT2D eigenvalue weighted by Crippen LogP contribution is 2.22. The van der Waals surface area contributed by atoms with E-state index in [9.17, 15) is 0 Å². The van der Waals surface area contributed by atoms with Gasteiger partial charge in [-0.25, -0.2) is 0 Å². The summed E-state index contributed by atoms with van der Waals surface area (Å²) in [6.45, 7) is 1.83. The van der Waals surface area contributed by atoms with Crippen molar-refractivity contribution in [3.63, 3.8) is 0 Å². The highest BCUT2D eigenvalue weighted by Gasteiger charge is 2.09. The van der Waals surface area contributed by atoms with E-state index in [1.54, 1.807) is 11.3 Å². The third-order valence-corrected chi connectivity index (χ3v) is 3.37. The first-order valence-electron chi connectivity index (χ1n) is 4.63. The summed E-state index contributed by atoms with van der Waals surface area (Å²) in [6, 6.07) is 2.18. The second kappa shape index (κ2) is 4.45. The Labute approximate surface area is 92.8 Å². The van der Waals surface area contributed by atoms with Crippen molar-refractivity contribution in [3.8, 4) is 0 Å². The lowest BCUT2D eigenvalue weighted by atomic mass is 10.0. The third kappa shape index (κ3) is 2.58. The highest BCUT2D eigenvalue weighted by atomic mass is 35.5. The average Bonchev–Trinajstić information content (AvgIpc) is 2.51. The average molecular weight is 229 g/mol. The summed E-state index contributed by atoms with van der Waals surface area (Å²) in [6.07, 6.45) is 3.12. The Morgan fingerprint density at radius 3 is 3.14 bits per heavy atom. The van der Waals surface area contributed by atoms with Gasteiger partial charge in [0, 0.05) is 19.1 Å². The first-order chi connectivity index (χ1) is 6.74. The van der Waals surface area contributed by atoms with Crippen LogP contribution in [0.4, 0.5) is 0 Å². The molecule has 0 amide bonds. The van der Waals surface area contributed by atoms with Gasteiger partial charge in [0.2, 0.25) is 0 Å². The number of nitrogens with two attached hydrogens (primary N) is 1. The molecule has 1 aliphatic heterocycles. The van der Waals surface area contributed by atoms with Gasteiger partial charge in [0.25, 0.3) is 0 Å². The smallest absolute Gasteiger partial charge is 0.0931 e. The van der Waals surface area contributed by atoms with Crippen LogP contribution in [0.1, 0.15) is 5.56 Å². The van der Waals surface area contributed by atoms with Crippen molar-refractivity contribution in [3.05, 3.63) is 33.0 Å². The Morgan fingerprint density at radius 2 is 2.50 bits per heavy atom. The number of rotatable bonds is 2. The number of hydrogen-bond acceptors (Lipinski definition) is 3. The molecule has 1 atom stereocenters. The fraction of sp³-hybridized carbons (Fsp3) is 0.400. The maximum absolute atomic E-state index is 5.87. The summed E-state index contributed by atoms with van der Waals surface area (Å²) in [5.41, 5.74) is 8.46. The molecule has 2 rings (SSSR count). The van der Waals surface area contributed by atoms with Crippen LogP contribution >= 0.6 is 22.9 Å². The summed E-state index contributed by atoms with van der Waals surface area (Å²) in [4.78, 5) is 0. The quantitative estimate of drug-likeness (QED) is 0.758. The lowest BCUT2D eigenvalue weighted by Gasteiger charge is -2.18. The van der Waals surface area contributed by atoms with Gasteiger partial charge in [0.1, 0.15) is 0 Å². The fourth-order valence-corrected chi connectivity index (χ4v) is 2.55. The molecule has 1 aromatic rings. The van der Waals surface area contributed by atoms with Crippen LogP contribution in [-0.2, 0) is 6.42 Å². The molecule has 0 aromatic carbocycles. The Balaban J connectivity index is 2.03. The Bertz CT molecular complexity index is 346. The van der Waals surface area contributed by atoms with E-state index < -0.39 is 0 Å². The zero-order chi connectivity index (χ0) is 9.97. The van der Waals surface area contributed by atoms with Crippen molar-refractivity contribution in [2.24, 2.45) is 5.73 Å². The van der Waals surface area contributed by atoms with Crippen LogP contribution in [0.3, 0.4) is 0 Å². The normalized spacial score (nSPS) is 22.1. The van der Waals surface area contributed by atoms with Crippen molar-refractivity contribution < 1.29 is 0 Å². The molecule has 2 heterocycles. The number of thiophene rings is 1. The van der Waals surface area contributed by atoms with Crippen LogP contribution in [0.25, 0.3) is 0 Å². The molecule has 2 nitrogen and oxygen atoms in total. The largest absolute Gasteiger partial charge is 0.323 e. The molecular formula is C10H13ClN2S. The first-order valence-corrected chi connectivity index (χ1v) is 5.88. The molecule has 1 aliphatic rings. The minimum atomic E-state index is 0.160. The topological polar surface area (TPSA) is 38.0 Å². The maximum atomic E-state index is 5.87. The fourth-order valence-electron chi connectivity index (χ4n) is 1.64. The number of halogens is 1. The minimum Gasteiger partial charge on any atom is -0.323 e. The van der Waals surface area contributed by atoms with Gasteiger partial charge >= 0.3 is 0 Å². The van der Waals surface area contributed by atoms with Crippen molar-refractivity contribution in [2.75, 3.05) is 13.1 Å². The predicted molar refractivity (Wildman–Crippen MR) is 62.0 cm³/mol. The summed E-state index contributed by atoms with van der Waals surface area (Å²) in [5, 5.41) is 5.39.